The number of sulfone groups is 1. The molecule has 2 aromatic carbocycles. The van der Waals surface area contributed by atoms with Crippen LogP contribution in [0.25, 0.3) is 0 Å². The molecule has 0 bridgehead atoms. The predicted octanol–water partition coefficient (Wildman–Crippen LogP) is 3.89. The Hall–Kier alpha value is -1.64. The van der Waals surface area contributed by atoms with E-state index < -0.39 is 33.6 Å². The van der Waals surface area contributed by atoms with Gasteiger partial charge >= 0.3 is 0 Å². The third-order valence-corrected chi connectivity index (χ3v) is 7.66. The van der Waals surface area contributed by atoms with Crippen molar-refractivity contribution >= 4 is 44.1 Å². The van der Waals surface area contributed by atoms with E-state index in [4.69, 9.17) is 11.6 Å². The van der Waals surface area contributed by atoms with Crippen LogP contribution in [0.3, 0.4) is 0 Å². The number of nitrogens with zero attached hydrogens (tertiary/aromatic N) is 2. The van der Waals surface area contributed by atoms with Crippen LogP contribution in [0.15, 0.2) is 47.5 Å². The molecule has 0 N–H and O–H groups in total. The zero-order valence-corrected chi connectivity index (χ0v) is 16.4. The fourth-order valence-electron chi connectivity index (χ4n) is 3.34. The molecule has 0 amide bonds. The van der Waals surface area contributed by atoms with Crippen LogP contribution < -0.4 is 4.90 Å². The summed E-state index contributed by atoms with van der Waals surface area (Å²) in [5.74, 6) is -0.536. The van der Waals surface area contributed by atoms with Gasteiger partial charge in [0.15, 0.2) is 15.0 Å². The summed E-state index contributed by atoms with van der Waals surface area (Å²) < 4.78 is 51.7. The molecular weight excluding hydrogens is 414 g/mol. The molecule has 0 unspecified atom stereocenters. The van der Waals surface area contributed by atoms with Crippen molar-refractivity contribution in [3.63, 3.8) is 0 Å². The van der Waals surface area contributed by atoms with Gasteiger partial charge in [-0.05, 0) is 29.8 Å². The zero-order valence-electron chi connectivity index (χ0n) is 14.0. The molecule has 27 heavy (non-hydrogen) atoms. The van der Waals surface area contributed by atoms with Crippen LogP contribution >= 0.6 is 23.4 Å². The van der Waals surface area contributed by atoms with Gasteiger partial charge in [-0.25, -0.2) is 17.2 Å². The maximum absolute atomic E-state index is 14.4. The van der Waals surface area contributed by atoms with E-state index in [0.717, 1.165) is 5.56 Å². The molecule has 2 aliphatic rings. The summed E-state index contributed by atoms with van der Waals surface area (Å²) >= 11 is 7.41. The van der Waals surface area contributed by atoms with Gasteiger partial charge in [-0.15, -0.1) is 0 Å². The van der Waals surface area contributed by atoms with Crippen LogP contribution in [-0.2, 0) is 15.6 Å². The number of aliphatic imine (C=N–C) groups is 1. The summed E-state index contributed by atoms with van der Waals surface area (Å²) in [6, 6.07) is 9.57. The minimum atomic E-state index is -3.20. The molecule has 0 aliphatic carbocycles. The minimum Gasteiger partial charge on any atom is -0.312 e. The standard InChI is InChI=1S/C18H15ClF2N2O2S2/c19-13-7-12(20)6-5-11(13)8-26-18-22-15-9-27(24,25)10-17(15)23(18)16-4-2-1-3-14(16)21/h1-7,15,17H,8-10H2/t15-,17-/m0/s1. The Balaban J connectivity index is 1.64. The van der Waals surface area contributed by atoms with Gasteiger partial charge in [0.2, 0.25) is 0 Å². The summed E-state index contributed by atoms with van der Waals surface area (Å²) in [4.78, 5) is 6.22. The summed E-state index contributed by atoms with van der Waals surface area (Å²) in [5.41, 5.74) is 1.03. The number of rotatable bonds is 3. The number of amidine groups is 1. The molecule has 2 atom stereocenters. The maximum atomic E-state index is 14.4. The zero-order chi connectivity index (χ0) is 19.2. The lowest BCUT2D eigenvalue weighted by molar-refractivity contribution is 0.600. The first-order valence-electron chi connectivity index (χ1n) is 8.23. The maximum Gasteiger partial charge on any atom is 0.164 e. The Morgan fingerprint density at radius 1 is 1.19 bits per heavy atom. The first kappa shape index (κ1) is 18.7. The van der Waals surface area contributed by atoms with Crippen molar-refractivity contribution in [1.82, 2.24) is 0 Å². The normalized spacial score (nSPS) is 23.4. The predicted molar refractivity (Wildman–Crippen MR) is 105 cm³/mol. The van der Waals surface area contributed by atoms with Gasteiger partial charge in [-0.3, -0.25) is 4.99 Å². The van der Waals surface area contributed by atoms with Gasteiger partial charge in [0.05, 0.1) is 29.3 Å². The highest BCUT2D eigenvalue weighted by atomic mass is 35.5. The molecule has 2 aromatic rings. The van der Waals surface area contributed by atoms with Crippen LogP contribution in [-0.4, -0.2) is 37.2 Å². The average Bonchev–Trinajstić information content (AvgIpc) is 3.06. The van der Waals surface area contributed by atoms with Crippen molar-refractivity contribution in [1.29, 1.82) is 0 Å². The largest absolute Gasteiger partial charge is 0.312 e. The van der Waals surface area contributed by atoms with Crippen LogP contribution in [0.2, 0.25) is 5.02 Å². The monoisotopic (exact) mass is 428 g/mol. The SMILES string of the molecule is O=S1(=O)C[C@@H]2N=C(SCc3ccc(F)cc3Cl)N(c3ccccc3F)[C@H]2C1. The summed E-state index contributed by atoms with van der Waals surface area (Å²) in [6.07, 6.45) is 0. The van der Waals surface area contributed by atoms with E-state index in [1.54, 1.807) is 29.2 Å². The van der Waals surface area contributed by atoms with Crippen LogP contribution in [0, 0.1) is 11.6 Å². The molecule has 4 rings (SSSR count). The summed E-state index contributed by atoms with van der Waals surface area (Å²) in [5, 5.41) is 0.853. The molecule has 4 nitrogen and oxygen atoms in total. The van der Waals surface area contributed by atoms with Gasteiger partial charge in [-0.1, -0.05) is 41.6 Å². The number of benzene rings is 2. The number of thioether (sulfide) groups is 1. The second kappa shape index (κ2) is 7.07. The molecule has 2 heterocycles. The van der Waals surface area contributed by atoms with Crippen molar-refractivity contribution in [3.05, 3.63) is 64.7 Å². The van der Waals surface area contributed by atoms with E-state index in [0.29, 0.717) is 21.6 Å². The highest BCUT2D eigenvalue weighted by Crippen LogP contribution is 2.37. The second-order valence-electron chi connectivity index (χ2n) is 6.47. The minimum absolute atomic E-state index is 0.0377. The molecule has 1 fully saturated rings. The van der Waals surface area contributed by atoms with E-state index in [2.05, 4.69) is 4.99 Å². The molecule has 1 saturated heterocycles. The average molecular weight is 429 g/mol. The van der Waals surface area contributed by atoms with Gasteiger partial charge < -0.3 is 4.90 Å². The van der Waals surface area contributed by atoms with Crippen molar-refractivity contribution < 1.29 is 17.2 Å². The van der Waals surface area contributed by atoms with E-state index in [1.165, 1.54) is 30.0 Å². The Labute approximate surface area is 165 Å². The van der Waals surface area contributed by atoms with E-state index >= 15 is 0 Å². The first-order valence-corrected chi connectivity index (χ1v) is 11.4. The molecule has 0 aromatic heterocycles. The molecule has 9 heteroatoms. The molecule has 2 aliphatic heterocycles. The Kier molecular flexibility index (Phi) is 4.90. The highest BCUT2D eigenvalue weighted by Gasteiger charge is 2.47. The van der Waals surface area contributed by atoms with Crippen LogP contribution in [0.1, 0.15) is 5.56 Å². The molecule has 142 valence electrons. The van der Waals surface area contributed by atoms with Crippen LogP contribution in [0.5, 0.6) is 0 Å². The lowest BCUT2D eigenvalue weighted by Crippen LogP contribution is -2.39. The van der Waals surface area contributed by atoms with E-state index in [1.807, 2.05) is 0 Å². The fraction of sp³-hybridized carbons (Fsp3) is 0.278. The highest BCUT2D eigenvalue weighted by molar-refractivity contribution is 8.13. The third-order valence-electron chi connectivity index (χ3n) is 4.59. The van der Waals surface area contributed by atoms with E-state index in [-0.39, 0.29) is 11.5 Å². The number of halogens is 3. The lowest BCUT2D eigenvalue weighted by atomic mass is 10.1. The Morgan fingerprint density at radius 2 is 1.96 bits per heavy atom. The smallest absolute Gasteiger partial charge is 0.164 e. The van der Waals surface area contributed by atoms with Crippen molar-refractivity contribution in [3.8, 4) is 0 Å². The summed E-state index contributed by atoms with van der Waals surface area (Å²) in [6.45, 7) is 0. The van der Waals surface area contributed by atoms with Gasteiger partial charge in [-0.2, -0.15) is 0 Å². The molecule has 0 radical (unpaired) electrons. The van der Waals surface area contributed by atoms with Gasteiger partial charge in [0.1, 0.15) is 11.6 Å². The van der Waals surface area contributed by atoms with Crippen molar-refractivity contribution in [2.45, 2.75) is 17.8 Å². The molecule has 0 spiro atoms. The second-order valence-corrected chi connectivity index (χ2v) is 9.97. The van der Waals surface area contributed by atoms with Gasteiger partial charge in [0.25, 0.3) is 0 Å². The quantitative estimate of drug-likeness (QED) is 0.744. The lowest BCUT2D eigenvalue weighted by Gasteiger charge is -2.26. The molecular formula is C18H15ClF2N2O2S2. The Bertz CT molecular complexity index is 1030. The van der Waals surface area contributed by atoms with Crippen molar-refractivity contribution in [2.75, 3.05) is 16.4 Å². The fourth-order valence-corrected chi connectivity index (χ4v) is 6.62. The third kappa shape index (κ3) is 3.70. The number of anilines is 1. The number of hydrogen-bond acceptors (Lipinski definition) is 5. The van der Waals surface area contributed by atoms with Crippen LogP contribution in [0.4, 0.5) is 14.5 Å². The van der Waals surface area contributed by atoms with Crippen molar-refractivity contribution in [2.24, 2.45) is 4.99 Å². The number of para-hydroxylation sites is 1. The Morgan fingerprint density at radius 3 is 2.70 bits per heavy atom. The van der Waals surface area contributed by atoms with E-state index in [9.17, 15) is 17.2 Å². The number of hydrogen-bond donors (Lipinski definition) is 0. The van der Waals surface area contributed by atoms with Gasteiger partial charge in [0, 0.05) is 10.8 Å². The molecule has 0 saturated carbocycles. The topological polar surface area (TPSA) is 49.7 Å². The summed E-state index contributed by atoms with van der Waals surface area (Å²) in [7, 11) is -3.20. The first-order chi connectivity index (χ1) is 12.8. The number of fused-ring (bicyclic) bond motifs is 1.